The summed E-state index contributed by atoms with van der Waals surface area (Å²) in [6, 6.07) is 46.4. The van der Waals surface area contributed by atoms with Gasteiger partial charge in [-0.05, 0) is 133 Å². The van der Waals surface area contributed by atoms with Gasteiger partial charge in [0.25, 0.3) is 0 Å². The SMILES string of the molecule is Cc1ccccc1Nc1ccc(-c2c3nc(cc4ccc([nH]4)c(-c4ccc(Nc5ccccc5C)cc4)c4nc(cc5ccc2[nH]5)C=C4)C=C3)cc1. The van der Waals surface area contributed by atoms with Crippen LogP contribution >= 0.6 is 0 Å². The fraction of sp³-hybridized carbons (Fsp3) is 0.0435. The van der Waals surface area contributed by atoms with E-state index in [1.54, 1.807) is 0 Å². The number of aryl methyl sites for hydroxylation is 2. The van der Waals surface area contributed by atoms with Gasteiger partial charge in [-0.25, -0.2) is 9.97 Å². The largest absolute Gasteiger partial charge is 0.355 e. The topological polar surface area (TPSA) is 81.4 Å². The molecule has 3 aromatic heterocycles. The zero-order chi connectivity index (χ0) is 35.0. The van der Waals surface area contributed by atoms with Crippen molar-refractivity contribution < 1.29 is 0 Å². The number of aromatic nitrogens is 4. The first-order chi connectivity index (χ1) is 25.5. The Bertz CT molecular complexity index is 2500. The molecule has 0 aliphatic carbocycles. The Kier molecular flexibility index (Phi) is 7.82. The van der Waals surface area contributed by atoms with Crippen molar-refractivity contribution in [1.82, 2.24) is 19.9 Å². The zero-order valence-corrected chi connectivity index (χ0v) is 28.9. The maximum Gasteiger partial charge on any atom is 0.0736 e. The first-order valence-electron chi connectivity index (χ1n) is 17.5. The van der Waals surface area contributed by atoms with Crippen LogP contribution in [0.5, 0.6) is 0 Å². The van der Waals surface area contributed by atoms with Gasteiger partial charge in [-0.1, -0.05) is 60.7 Å². The second-order valence-electron chi connectivity index (χ2n) is 13.2. The van der Waals surface area contributed by atoms with Gasteiger partial charge in [0.05, 0.1) is 22.8 Å². The van der Waals surface area contributed by atoms with Crippen LogP contribution in [0.15, 0.2) is 133 Å². The number of para-hydroxylation sites is 2. The molecule has 6 nitrogen and oxygen atoms in total. The van der Waals surface area contributed by atoms with Crippen LogP contribution in [-0.2, 0) is 0 Å². The Morgan fingerprint density at radius 2 is 0.865 bits per heavy atom. The molecule has 4 aromatic carbocycles. The molecule has 6 heteroatoms. The molecule has 0 fully saturated rings. The van der Waals surface area contributed by atoms with Gasteiger partial charge >= 0.3 is 0 Å². The highest BCUT2D eigenvalue weighted by Crippen LogP contribution is 2.34. The molecule has 250 valence electrons. The summed E-state index contributed by atoms with van der Waals surface area (Å²) in [4.78, 5) is 17.6. The third kappa shape index (κ3) is 6.18. The highest BCUT2D eigenvalue weighted by molar-refractivity contribution is 5.93. The van der Waals surface area contributed by atoms with Gasteiger partial charge in [0.1, 0.15) is 0 Å². The smallest absolute Gasteiger partial charge is 0.0736 e. The normalized spacial score (nSPS) is 11.9. The third-order valence-corrected chi connectivity index (χ3v) is 9.59. The summed E-state index contributed by atoms with van der Waals surface area (Å²) in [6.45, 7) is 4.23. The molecule has 0 unspecified atom stereocenters. The lowest BCUT2D eigenvalue weighted by atomic mass is 10.0. The van der Waals surface area contributed by atoms with Crippen molar-refractivity contribution in [3.63, 3.8) is 0 Å². The van der Waals surface area contributed by atoms with Crippen LogP contribution in [0.25, 0.3) is 68.6 Å². The van der Waals surface area contributed by atoms with Crippen molar-refractivity contribution in [1.29, 1.82) is 0 Å². The van der Waals surface area contributed by atoms with Crippen molar-refractivity contribution in [2.75, 3.05) is 10.6 Å². The van der Waals surface area contributed by atoms with E-state index in [0.29, 0.717) is 0 Å². The lowest BCUT2D eigenvalue weighted by Gasteiger charge is -2.10. The van der Waals surface area contributed by atoms with E-state index in [9.17, 15) is 0 Å². The molecule has 2 aliphatic rings. The highest BCUT2D eigenvalue weighted by Gasteiger charge is 2.14. The van der Waals surface area contributed by atoms with Gasteiger partial charge in [0.2, 0.25) is 0 Å². The number of anilines is 4. The van der Waals surface area contributed by atoms with E-state index in [4.69, 9.17) is 9.97 Å². The number of fused-ring (bicyclic) bond motifs is 8. The van der Waals surface area contributed by atoms with Gasteiger partial charge in [-0.3, -0.25) is 0 Å². The highest BCUT2D eigenvalue weighted by atomic mass is 14.9. The van der Waals surface area contributed by atoms with Gasteiger partial charge in [-0.2, -0.15) is 0 Å². The molecule has 0 saturated heterocycles. The van der Waals surface area contributed by atoms with Crippen LogP contribution in [0.4, 0.5) is 22.7 Å². The Hall–Kier alpha value is -6.92. The van der Waals surface area contributed by atoms with E-state index in [1.807, 2.05) is 0 Å². The second-order valence-corrected chi connectivity index (χ2v) is 13.2. The molecule has 0 atom stereocenters. The minimum Gasteiger partial charge on any atom is -0.355 e. The molecule has 2 aliphatic heterocycles. The Balaban J connectivity index is 1.15. The van der Waals surface area contributed by atoms with E-state index in [-0.39, 0.29) is 0 Å². The monoisotopic (exact) mass is 672 g/mol. The Morgan fingerprint density at radius 1 is 0.442 bits per heavy atom. The molecule has 7 aromatic rings. The number of nitrogens with one attached hydrogen (secondary N) is 4. The van der Waals surface area contributed by atoms with Crippen molar-refractivity contribution in [3.8, 4) is 22.3 Å². The second kappa shape index (κ2) is 13.1. The lowest BCUT2D eigenvalue weighted by molar-refractivity contribution is 1.31. The van der Waals surface area contributed by atoms with Crippen LogP contribution < -0.4 is 10.6 Å². The van der Waals surface area contributed by atoms with Gasteiger partial charge in [0.15, 0.2) is 0 Å². The van der Waals surface area contributed by atoms with Crippen molar-refractivity contribution in [2.45, 2.75) is 13.8 Å². The molecule has 0 amide bonds. The summed E-state index contributed by atoms with van der Waals surface area (Å²) in [7, 11) is 0. The van der Waals surface area contributed by atoms with Crippen LogP contribution in [0, 0.1) is 13.8 Å². The maximum atomic E-state index is 5.12. The van der Waals surface area contributed by atoms with Crippen LogP contribution in [0.1, 0.15) is 33.9 Å². The van der Waals surface area contributed by atoms with Crippen molar-refractivity contribution in [2.24, 2.45) is 0 Å². The van der Waals surface area contributed by atoms with Gasteiger partial charge in [-0.15, -0.1) is 0 Å². The average molecular weight is 673 g/mol. The van der Waals surface area contributed by atoms with E-state index < -0.39 is 0 Å². The number of rotatable bonds is 6. The van der Waals surface area contributed by atoms with E-state index in [2.05, 4.69) is 192 Å². The number of H-pyrrole nitrogens is 2. The predicted octanol–water partition coefficient (Wildman–Crippen LogP) is 12.1. The molecule has 0 spiro atoms. The summed E-state index contributed by atoms with van der Waals surface area (Å²) in [5.41, 5.74) is 18.4. The molecule has 8 bridgehead atoms. The Morgan fingerprint density at radius 3 is 1.29 bits per heavy atom. The first kappa shape index (κ1) is 31.1. The number of aromatic amines is 2. The van der Waals surface area contributed by atoms with Gasteiger partial charge in [0, 0.05) is 55.9 Å². The lowest BCUT2D eigenvalue weighted by Crippen LogP contribution is -1.93. The minimum absolute atomic E-state index is 0.881. The summed E-state index contributed by atoms with van der Waals surface area (Å²) < 4.78 is 0. The zero-order valence-electron chi connectivity index (χ0n) is 28.9. The molecular weight excluding hydrogens is 637 g/mol. The fourth-order valence-corrected chi connectivity index (χ4v) is 6.86. The molecule has 52 heavy (non-hydrogen) atoms. The maximum absolute atomic E-state index is 5.12. The molecule has 4 N–H and O–H groups in total. The molecule has 0 saturated carbocycles. The number of nitrogens with zero attached hydrogens (tertiary/aromatic N) is 2. The summed E-state index contributed by atoms with van der Waals surface area (Å²) >= 11 is 0. The first-order valence-corrected chi connectivity index (χ1v) is 17.5. The number of benzene rings is 4. The predicted molar refractivity (Wildman–Crippen MR) is 219 cm³/mol. The quantitative estimate of drug-likeness (QED) is 0.142. The summed E-state index contributed by atoms with van der Waals surface area (Å²) in [5, 5.41) is 7.11. The Labute approximate surface area is 302 Å². The molecule has 5 heterocycles. The van der Waals surface area contributed by atoms with E-state index >= 15 is 0 Å². The third-order valence-electron chi connectivity index (χ3n) is 9.59. The van der Waals surface area contributed by atoms with Crippen molar-refractivity contribution >= 4 is 69.1 Å². The van der Waals surface area contributed by atoms with Gasteiger partial charge < -0.3 is 20.6 Å². The molecule has 9 rings (SSSR count). The molecular formula is C46H36N6. The average Bonchev–Trinajstić information content (AvgIpc) is 3.99. The number of hydrogen-bond acceptors (Lipinski definition) is 4. The van der Waals surface area contributed by atoms with Crippen LogP contribution in [0.3, 0.4) is 0 Å². The number of hydrogen-bond donors (Lipinski definition) is 4. The van der Waals surface area contributed by atoms with Crippen LogP contribution in [-0.4, -0.2) is 19.9 Å². The molecule has 0 radical (unpaired) electrons. The van der Waals surface area contributed by atoms with Crippen molar-refractivity contribution in [3.05, 3.63) is 167 Å². The van der Waals surface area contributed by atoms with E-state index in [1.165, 1.54) is 11.1 Å². The van der Waals surface area contributed by atoms with Crippen LogP contribution in [0.2, 0.25) is 0 Å². The minimum atomic E-state index is 0.881. The summed E-state index contributed by atoms with van der Waals surface area (Å²) in [5.74, 6) is 0. The standard InChI is InChI=1S/C46H36N6/c1-29-7-3-5-9-39(29)47-33-15-11-31(12-16-33)45-41-23-19-35(49-41)27-37-21-25-43(51-37)46(44-26-22-38(52-44)28-36-20-24-42(45)50-36)32-13-17-34(18-14-32)48-40-10-6-4-8-30(40)2/h3-28,47-49,52H,1-2H3. The van der Waals surface area contributed by atoms with E-state index in [0.717, 1.165) is 89.8 Å². The fourth-order valence-electron chi connectivity index (χ4n) is 6.86. The summed E-state index contributed by atoms with van der Waals surface area (Å²) in [6.07, 6.45) is 8.35.